The van der Waals surface area contributed by atoms with E-state index in [1.165, 1.54) is 19.3 Å². The van der Waals surface area contributed by atoms with Gasteiger partial charge in [0.15, 0.2) is 5.76 Å². The van der Waals surface area contributed by atoms with Crippen molar-refractivity contribution in [2.75, 3.05) is 33.7 Å². The van der Waals surface area contributed by atoms with Gasteiger partial charge in [-0.15, -0.1) is 0 Å². The van der Waals surface area contributed by atoms with E-state index in [9.17, 15) is 5.11 Å². The third-order valence-electron chi connectivity index (χ3n) is 5.00. The number of aromatic nitrogens is 1. The summed E-state index contributed by atoms with van der Waals surface area (Å²) < 4.78 is 11.6. The zero-order chi connectivity index (χ0) is 16.9. The number of rotatable bonds is 6. The van der Waals surface area contributed by atoms with Crippen molar-refractivity contribution < 1.29 is 14.4 Å². The van der Waals surface area contributed by atoms with Crippen LogP contribution in [-0.4, -0.2) is 72.1 Å². The molecule has 3 rings (SSSR count). The zero-order valence-corrected chi connectivity index (χ0v) is 15.0. The molecule has 2 aliphatic rings. The minimum atomic E-state index is -0.365. The number of hydrogen-bond donors (Lipinski definition) is 1. The van der Waals surface area contributed by atoms with Gasteiger partial charge in [-0.3, -0.25) is 4.90 Å². The molecule has 0 saturated carbocycles. The summed E-state index contributed by atoms with van der Waals surface area (Å²) in [5.41, 5.74) is 0.965. The Morgan fingerprint density at radius 2 is 2.04 bits per heavy atom. The van der Waals surface area contributed by atoms with Crippen LogP contribution in [0.25, 0.3) is 0 Å². The molecule has 2 fully saturated rings. The lowest BCUT2D eigenvalue weighted by atomic mass is 9.98. The van der Waals surface area contributed by atoms with Crippen molar-refractivity contribution in [1.29, 1.82) is 0 Å². The van der Waals surface area contributed by atoms with Crippen molar-refractivity contribution in [3.8, 4) is 0 Å². The van der Waals surface area contributed by atoms with Gasteiger partial charge in [-0.2, -0.15) is 0 Å². The fourth-order valence-electron chi connectivity index (χ4n) is 3.72. The molecule has 0 amide bonds. The summed E-state index contributed by atoms with van der Waals surface area (Å²) in [6.07, 6.45) is 5.98. The van der Waals surface area contributed by atoms with E-state index < -0.39 is 0 Å². The van der Waals surface area contributed by atoms with Crippen LogP contribution in [0, 0.1) is 0 Å². The maximum atomic E-state index is 10.1. The molecule has 0 radical (unpaired) electrons. The zero-order valence-electron chi connectivity index (χ0n) is 15.0. The normalized spacial score (nSPS) is 29.2. The number of hydrogen-bond acceptors (Lipinski definition) is 6. The molecule has 0 aliphatic carbocycles. The van der Waals surface area contributed by atoms with Gasteiger partial charge in [-0.25, -0.2) is 0 Å². The van der Waals surface area contributed by atoms with E-state index in [0.29, 0.717) is 0 Å². The number of aliphatic hydroxyl groups is 1. The van der Waals surface area contributed by atoms with Crippen LogP contribution < -0.4 is 0 Å². The van der Waals surface area contributed by atoms with E-state index in [2.05, 4.69) is 21.0 Å². The van der Waals surface area contributed by atoms with Crippen molar-refractivity contribution in [2.24, 2.45) is 0 Å². The SMILES string of the molecule is CN(C)CC1OC(Cc2cc(CN3CCCCC3)on2)CCC1O. The highest BCUT2D eigenvalue weighted by molar-refractivity contribution is 5.07. The Balaban J connectivity index is 1.50. The monoisotopic (exact) mass is 337 g/mol. The molecule has 3 unspecified atom stereocenters. The molecule has 6 heteroatoms. The number of likely N-dealkylation sites (tertiary alicyclic amines) is 1. The minimum Gasteiger partial charge on any atom is -0.390 e. The smallest absolute Gasteiger partial charge is 0.150 e. The van der Waals surface area contributed by atoms with Crippen molar-refractivity contribution in [3.05, 3.63) is 17.5 Å². The van der Waals surface area contributed by atoms with Crippen LogP contribution in [0.5, 0.6) is 0 Å². The Morgan fingerprint density at radius 1 is 1.25 bits per heavy atom. The first kappa shape index (κ1) is 17.9. The first-order valence-corrected chi connectivity index (χ1v) is 9.25. The third-order valence-corrected chi connectivity index (χ3v) is 5.00. The highest BCUT2D eigenvalue weighted by Crippen LogP contribution is 2.23. The first-order chi connectivity index (χ1) is 11.6. The number of likely N-dealkylation sites (N-methyl/N-ethyl adjacent to an activating group) is 1. The fourth-order valence-corrected chi connectivity index (χ4v) is 3.72. The highest BCUT2D eigenvalue weighted by atomic mass is 16.5. The second kappa shape index (κ2) is 8.43. The molecule has 0 bridgehead atoms. The highest BCUT2D eigenvalue weighted by Gasteiger charge is 2.30. The average Bonchev–Trinajstić information content (AvgIpc) is 2.98. The maximum absolute atomic E-state index is 10.1. The van der Waals surface area contributed by atoms with Crippen LogP contribution in [0.3, 0.4) is 0 Å². The molecular formula is C18H31N3O3. The molecule has 136 valence electrons. The fraction of sp³-hybridized carbons (Fsp3) is 0.833. The molecule has 24 heavy (non-hydrogen) atoms. The van der Waals surface area contributed by atoms with E-state index in [1.807, 2.05) is 14.1 Å². The number of aliphatic hydroxyl groups excluding tert-OH is 1. The van der Waals surface area contributed by atoms with Gasteiger partial charge in [0.2, 0.25) is 0 Å². The molecular weight excluding hydrogens is 306 g/mol. The number of nitrogens with zero attached hydrogens (tertiary/aromatic N) is 3. The predicted molar refractivity (Wildman–Crippen MR) is 91.8 cm³/mol. The molecule has 3 heterocycles. The molecule has 1 aromatic heterocycles. The number of ether oxygens (including phenoxy) is 1. The largest absolute Gasteiger partial charge is 0.390 e. The lowest BCUT2D eigenvalue weighted by Gasteiger charge is -2.35. The second-order valence-electron chi connectivity index (χ2n) is 7.53. The summed E-state index contributed by atoms with van der Waals surface area (Å²) in [6.45, 7) is 3.93. The van der Waals surface area contributed by atoms with Gasteiger partial charge >= 0.3 is 0 Å². The number of piperidine rings is 1. The van der Waals surface area contributed by atoms with Crippen LogP contribution in [-0.2, 0) is 17.7 Å². The Hall–Kier alpha value is -0.950. The van der Waals surface area contributed by atoms with Crippen molar-refractivity contribution >= 4 is 0 Å². The van der Waals surface area contributed by atoms with Crippen LogP contribution in [0.15, 0.2) is 10.6 Å². The Morgan fingerprint density at radius 3 is 2.79 bits per heavy atom. The Kier molecular flexibility index (Phi) is 6.27. The Labute approximate surface area is 144 Å². The van der Waals surface area contributed by atoms with Gasteiger partial charge in [-0.1, -0.05) is 11.6 Å². The van der Waals surface area contributed by atoms with E-state index in [4.69, 9.17) is 9.26 Å². The van der Waals surface area contributed by atoms with Crippen molar-refractivity contribution in [3.63, 3.8) is 0 Å². The van der Waals surface area contributed by atoms with E-state index in [0.717, 1.165) is 56.9 Å². The van der Waals surface area contributed by atoms with Gasteiger partial charge < -0.3 is 19.3 Å². The van der Waals surface area contributed by atoms with Crippen molar-refractivity contribution in [2.45, 2.75) is 63.4 Å². The topological polar surface area (TPSA) is 62.0 Å². The summed E-state index contributed by atoms with van der Waals surface area (Å²) in [5.74, 6) is 0.951. The third kappa shape index (κ3) is 5.02. The Bertz CT molecular complexity index is 499. The van der Waals surface area contributed by atoms with Crippen LogP contribution in [0.1, 0.15) is 43.6 Å². The van der Waals surface area contributed by atoms with Gasteiger partial charge in [0.05, 0.1) is 30.6 Å². The molecule has 2 saturated heterocycles. The second-order valence-corrected chi connectivity index (χ2v) is 7.53. The van der Waals surface area contributed by atoms with E-state index in [-0.39, 0.29) is 18.3 Å². The standard InChI is InChI=1S/C18H31N3O3/c1-20(2)13-18-17(22)7-6-15(23-18)10-14-11-16(24-19-14)12-21-8-4-3-5-9-21/h11,15,17-18,22H,3-10,12-13H2,1-2H3. The van der Waals surface area contributed by atoms with E-state index in [1.54, 1.807) is 0 Å². The van der Waals surface area contributed by atoms with Crippen molar-refractivity contribution in [1.82, 2.24) is 15.0 Å². The summed E-state index contributed by atoms with van der Waals surface area (Å²) in [6, 6.07) is 2.07. The van der Waals surface area contributed by atoms with Gasteiger partial charge in [0, 0.05) is 19.0 Å². The lowest BCUT2D eigenvalue weighted by Crippen LogP contribution is -2.45. The van der Waals surface area contributed by atoms with Gasteiger partial charge in [0.25, 0.3) is 0 Å². The summed E-state index contributed by atoms with van der Waals surface area (Å²) in [7, 11) is 4.01. The molecule has 0 spiro atoms. The quantitative estimate of drug-likeness (QED) is 0.852. The van der Waals surface area contributed by atoms with Gasteiger partial charge in [0.1, 0.15) is 0 Å². The molecule has 3 atom stereocenters. The lowest BCUT2D eigenvalue weighted by molar-refractivity contribution is -0.122. The molecule has 1 N–H and O–H groups in total. The van der Waals surface area contributed by atoms with Gasteiger partial charge in [-0.05, 0) is 52.9 Å². The predicted octanol–water partition coefficient (Wildman–Crippen LogP) is 1.67. The first-order valence-electron chi connectivity index (χ1n) is 9.25. The molecule has 2 aliphatic heterocycles. The van der Waals surface area contributed by atoms with Crippen LogP contribution in [0.4, 0.5) is 0 Å². The van der Waals surface area contributed by atoms with E-state index >= 15 is 0 Å². The molecule has 6 nitrogen and oxygen atoms in total. The molecule has 1 aromatic rings. The minimum absolute atomic E-state index is 0.113. The summed E-state index contributed by atoms with van der Waals surface area (Å²) in [4.78, 5) is 4.50. The van der Waals surface area contributed by atoms with Crippen LogP contribution in [0.2, 0.25) is 0 Å². The average molecular weight is 337 g/mol. The molecule has 0 aromatic carbocycles. The van der Waals surface area contributed by atoms with Crippen LogP contribution >= 0.6 is 0 Å². The summed E-state index contributed by atoms with van der Waals surface area (Å²) in [5, 5.41) is 14.3. The summed E-state index contributed by atoms with van der Waals surface area (Å²) >= 11 is 0. The maximum Gasteiger partial charge on any atom is 0.150 e.